The zero-order chi connectivity index (χ0) is 49.6. The van der Waals surface area contributed by atoms with E-state index in [1.165, 1.54) is 0 Å². The standard InChI is InChI=1S/C56H50N4O12/c61-27-43-49(63)51(65)53(67)55(71-43)69-33-15-11-31(12-16-33)47-39-23-19-35(57-39)45(29-7-3-1-4-8-29)36-20-24-40(58-36)48(32-13-17-34(18-14-32)70-56-54(68)52(66)50(64)44(28-62)72-56)42-26-22-38(60-42)46(30-9-5-2-6-10-30)37-21-25-41(47)59-37/h1-26,43-44,49-57,59,61-68H,27-28H2/t43-,44-,49+,50+,51+,52+,53-,54-,55-,56-/m1/s1. The fourth-order valence-electron chi connectivity index (χ4n) is 9.63. The molecule has 0 saturated carbocycles. The van der Waals surface area contributed by atoms with Crippen molar-refractivity contribution in [3.63, 3.8) is 0 Å². The predicted octanol–water partition coefficient (Wildman–Crippen LogP) is 5.68. The van der Waals surface area contributed by atoms with Crippen molar-refractivity contribution >= 4 is 46.4 Å². The smallest absolute Gasteiger partial charge is 0.229 e. The number of aliphatic hydroxyl groups is 8. The Balaban J connectivity index is 1.09. The zero-order valence-electron chi connectivity index (χ0n) is 38.3. The third kappa shape index (κ3) is 8.79. The van der Waals surface area contributed by atoms with Gasteiger partial charge in [-0.1, -0.05) is 84.9 Å². The van der Waals surface area contributed by atoms with Crippen LogP contribution in [-0.2, 0) is 9.47 Å². The van der Waals surface area contributed by atoms with Gasteiger partial charge in [-0.3, -0.25) is 0 Å². The summed E-state index contributed by atoms with van der Waals surface area (Å²) in [4.78, 5) is 18.1. The van der Waals surface area contributed by atoms with E-state index in [2.05, 4.69) is 9.97 Å². The maximum atomic E-state index is 10.7. The first-order valence-corrected chi connectivity index (χ1v) is 23.5. The van der Waals surface area contributed by atoms with Gasteiger partial charge in [-0.05, 0) is 95.1 Å². The third-order valence-electron chi connectivity index (χ3n) is 13.4. The minimum Gasteiger partial charge on any atom is -0.462 e. The molecule has 3 aromatic heterocycles. The highest BCUT2D eigenvalue weighted by Crippen LogP contribution is 2.40. The molecular formula is C56H50N4O12. The van der Waals surface area contributed by atoms with Crippen molar-refractivity contribution in [2.45, 2.75) is 61.4 Å². The molecule has 16 heteroatoms. The van der Waals surface area contributed by atoms with Crippen LogP contribution in [0.2, 0.25) is 0 Å². The van der Waals surface area contributed by atoms with Gasteiger partial charge in [0, 0.05) is 44.3 Å². The lowest BCUT2D eigenvalue weighted by atomic mass is 9.99. The number of aromatic amines is 2. The van der Waals surface area contributed by atoms with Gasteiger partial charge < -0.3 is 69.8 Å². The maximum absolute atomic E-state index is 10.7. The number of H-pyrrole nitrogens is 2. The van der Waals surface area contributed by atoms with Crippen LogP contribution in [-0.4, -0.2) is 135 Å². The summed E-state index contributed by atoms with van der Waals surface area (Å²) >= 11 is 0. The molecule has 4 aromatic carbocycles. The van der Waals surface area contributed by atoms with E-state index in [-0.39, 0.29) is 0 Å². The van der Waals surface area contributed by atoms with Crippen LogP contribution < -0.4 is 9.47 Å². The molecule has 7 heterocycles. The lowest BCUT2D eigenvalue weighted by Gasteiger charge is -2.39. The first-order valence-electron chi connectivity index (χ1n) is 23.5. The fourth-order valence-corrected chi connectivity index (χ4v) is 9.63. The Hall–Kier alpha value is -7.32. The molecule has 8 bridgehead atoms. The Morgan fingerprint density at radius 2 is 0.708 bits per heavy atom. The molecule has 10 atom stereocenters. The molecule has 0 aliphatic carbocycles. The van der Waals surface area contributed by atoms with E-state index >= 15 is 0 Å². The van der Waals surface area contributed by atoms with Crippen molar-refractivity contribution in [2.75, 3.05) is 13.2 Å². The van der Waals surface area contributed by atoms with Crippen LogP contribution in [0.15, 0.2) is 133 Å². The number of aliphatic hydroxyl groups excluding tert-OH is 8. The highest BCUT2D eigenvalue weighted by molar-refractivity contribution is 6.00. The van der Waals surface area contributed by atoms with Crippen LogP contribution >= 0.6 is 0 Å². The quantitative estimate of drug-likeness (QED) is 0.0792. The second kappa shape index (κ2) is 19.7. The Morgan fingerprint density at radius 3 is 1.08 bits per heavy atom. The molecule has 11 rings (SSSR count). The number of ether oxygens (including phenoxy) is 4. The van der Waals surface area contributed by atoms with E-state index in [1.807, 2.05) is 133 Å². The van der Waals surface area contributed by atoms with Gasteiger partial charge in [-0.2, -0.15) is 0 Å². The summed E-state index contributed by atoms with van der Waals surface area (Å²) < 4.78 is 23.2. The Labute approximate surface area is 411 Å². The van der Waals surface area contributed by atoms with Crippen LogP contribution in [0.4, 0.5) is 0 Å². The van der Waals surface area contributed by atoms with Crippen molar-refractivity contribution < 1.29 is 59.8 Å². The van der Waals surface area contributed by atoms with Crippen molar-refractivity contribution in [2.24, 2.45) is 0 Å². The van der Waals surface area contributed by atoms with Gasteiger partial charge in [0.2, 0.25) is 12.6 Å². The predicted molar refractivity (Wildman–Crippen MR) is 269 cm³/mol. The molecule has 10 N–H and O–H groups in total. The number of fused-ring (bicyclic) bond motifs is 8. The molecule has 0 spiro atoms. The number of rotatable bonds is 10. The summed E-state index contributed by atoms with van der Waals surface area (Å²) in [6, 6.07) is 42.3. The fraction of sp³-hybridized carbons (Fsp3) is 0.214. The number of nitrogens with one attached hydrogen (secondary N) is 2. The third-order valence-corrected chi connectivity index (χ3v) is 13.4. The largest absolute Gasteiger partial charge is 0.462 e. The molecule has 72 heavy (non-hydrogen) atoms. The minimum absolute atomic E-state index is 0.308. The zero-order valence-corrected chi connectivity index (χ0v) is 38.3. The Bertz CT molecular complexity index is 3180. The molecular weight excluding hydrogens is 921 g/mol. The summed E-state index contributed by atoms with van der Waals surface area (Å²) in [5, 5.41) is 82.2. The monoisotopic (exact) mass is 970 g/mol. The van der Waals surface area contributed by atoms with Crippen molar-refractivity contribution in [1.82, 2.24) is 19.9 Å². The van der Waals surface area contributed by atoms with Gasteiger partial charge in [0.05, 0.1) is 36.0 Å². The summed E-state index contributed by atoms with van der Waals surface area (Å²) in [6.07, 6.45) is -6.43. The van der Waals surface area contributed by atoms with Gasteiger partial charge in [0.1, 0.15) is 60.3 Å². The van der Waals surface area contributed by atoms with Gasteiger partial charge in [0.25, 0.3) is 0 Å². The molecule has 0 radical (unpaired) electrons. The topological polar surface area (TPSA) is 256 Å². The number of benzene rings is 4. The van der Waals surface area contributed by atoms with Gasteiger partial charge >= 0.3 is 0 Å². The lowest BCUT2D eigenvalue weighted by molar-refractivity contribution is -0.277. The average molecular weight is 971 g/mol. The summed E-state index contributed by atoms with van der Waals surface area (Å²) in [5.41, 5.74) is 12.4. The Morgan fingerprint density at radius 1 is 0.375 bits per heavy atom. The van der Waals surface area contributed by atoms with Crippen molar-refractivity contribution in [1.29, 1.82) is 0 Å². The van der Waals surface area contributed by atoms with E-state index in [4.69, 9.17) is 28.9 Å². The second-order valence-corrected chi connectivity index (χ2v) is 17.9. The SMILES string of the molecule is OC[C@H]1O[C@@H](Oc2ccc(-c3c4nc(c(-c5ccccc5)c5ccc([nH]5)c(-c5ccc(O[C@@H]6O[C@H](CO)[C@H](O)[C@H](O)[C@H]6O)cc5)c5ccc([nH]5)c(-c5ccccc5)c5nc3C=C5)C=C4)cc2)[C@H](O)[C@@H](O)[C@H]1O. The number of hydrogen-bond donors (Lipinski definition) is 10. The number of nitrogens with zero attached hydrogens (tertiary/aromatic N) is 2. The van der Waals surface area contributed by atoms with Crippen LogP contribution in [0.1, 0.15) is 22.8 Å². The number of hydrogen-bond acceptors (Lipinski definition) is 14. The highest BCUT2D eigenvalue weighted by Gasteiger charge is 2.46. The first kappa shape index (κ1) is 47.0. The van der Waals surface area contributed by atoms with Crippen LogP contribution in [0.3, 0.4) is 0 Å². The Kier molecular flexibility index (Phi) is 12.9. The molecule has 0 amide bonds. The molecule has 2 saturated heterocycles. The van der Waals surface area contributed by atoms with Gasteiger partial charge in [-0.15, -0.1) is 0 Å². The molecule has 4 aliphatic heterocycles. The van der Waals surface area contributed by atoms with E-state index in [9.17, 15) is 40.9 Å². The van der Waals surface area contributed by atoms with E-state index in [1.54, 1.807) is 24.3 Å². The molecule has 16 nitrogen and oxygen atoms in total. The highest BCUT2D eigenvalue weighted by atomic mass is 16.7. The van der Waals surface area contributed by atoms with Crippen molar-refractivity contribution in [3.8, 4) is 56.0 Å². The summed E-state index contributed by atoms with van der Waals surface area (Å²) in [6.45, 7) is -1.16. The van der Waals surface area contributed by atoms with E-state index in [0.717, 1.165) is 66.6 Å². The molecule has 7 aromatic rings. The summed E-state index contributed by atoms with van der Waals surface area (Å²) in [7, 11) is 0. The van der Waals surface area contributed by atoms with Gasteiger partial charge in [-0.25, -0.2) is 9.97 Å². The normalized spacial score (nSPS) is 24.8. The molecule has 2 fully saturated rings. The molecule has 0 unspecified atom stereocenters. The van der Waals surface area contributed by atoms with E-state index < -0.39 is 74.6 Å². The average Bonchev–Trinajstić information content (AvgIpc) is 4.27. The van der Waals surface area contributed by atoms with Crippen LogP contribution in [0.25, 0.3) is 90.9 Å². The lowest BCUT2D eigenvalue weighted by Crippen LogP contribution is -2.60. The minimum atomic E-state index is -1.59. The van der Waals surface area contributed by atoms with Gasteiger partial charge in [0.15, 0.2) is 0 Å². The van der Waals surface area contributed by atoms with E-state index in [0.29, 0.717) is 34.3 Å². The van der Waals surface area contributed by atoms with Crippen LogP contribution in [0, 0.1) is 0 Å². The van der Waals surface area contributed by atoms with Crippen LogP contribution in [0.5, 0.6) is 11.5 Å². The summed E-state index contributed by atoms with van der Waals surface area (Å²) in [5.74, 6) is 0.627. The maximum Gasteiger partial charge on any atom is 0.229 e. The molecule has 366 valence electrons. The first-order chi connectivity index (χ1) is 35.1. The second-order valence-electron chi connectivity index (χ2n) is 17.9. The molecule has 4 aliphatic rings. The van der Waals surface area contributed by atoms with Crippen molar-refractivity contribution in [3.05, 3.63) is 156 Å². The number of aromatic nitrogens is 4.